The van der Waals surface area contributed by atoms with Gasteiger partial charge in [-0.25, -0.2) is 9.07 Å². The molecule has 0 aliphatic heterocycles. The molecule has 0 aliphatic rings. The highest BCUT2D eigenvalue weighted by Crippen LogP contribution is 2.44. The van der Waals surface area contributed by atoms with Crippen molar-refractivity contribution in [1.82, 2.24) is 9.78 Å². The molecule has 0 saturated heterocycles. The lowest BCUT2D eigenvalue weighted by molar-refractivity contribution is -0.384. The lowest BCUT2D eigenvalue weighted by atomic mass is 9.77. The van der Waals surface area contributed by atoms with Crippen molar-refractivity contribution in [2.24, 2.45) is 0 Å². The second kappa shape index (κ2) is 9.54. The molecule has 39 heavy (non-hydrogen) atoms. The molecule has 0 spiro atoms. The maximum Gasteiger partial charge on any atom is 0.270 e. The first kappa shape index (κ1) is 24.1. The summed E-state index contributed by atoms with van der Waals surface area (Å²) in [5.41, 5.74) is 9.45. The lowest BCUT2D eigenvalue weighted by Gasteiger charge is -2.37. The number of nitro benzene ring substituents is 1. The van der Waals surface area contributed by atoms with Gasteiger partial charge in [0.05, 0.1) is 16.1 Å². The molecule has 6 aromatic rings. The van der Waals surface area contributed by atoms with E-state index in [9.17, 15) is 14.5 Å². The Kier molecular flexibility index (Phi) is 5.88. The third-order valence-corrected chi connectivity index (χ3v) is 7.04. The molecule has 0 saturated carbocycles. The molecule has 0 fully saturated rings. The molecular formula is C32H23FN4O2. The fraction of sp³-hybridized carbons (Fsp3) is 0.0312. The van der Waals surface area contributed by atoms with Gasteiger partial charge in [0, 0.05) is 23.1 Å². The SMILES string of the molecule is Nc1cc(-c2nn(C(c3ccccc3)(c3ccccc3)c3ccccc3)c3ccc([N+](=O)[O-])cc23)ccc1F. The average Bonchev–Trinajstić information content (AvgIpc) is 3.36. The van der Waals surface area contributed by atoms with E-state index in [0.717, 1.165) is 16.7 Å². The smallest absolute Gasteiger partial charge is 0.270 e. The van der Waals surface area contributed by atoms with Crippen molar-refractivity contribution in [3.63, 3.8) is 0 Å². The first-order valence-electron chi connectivity index (χ1n) is 12.4. The summed E-state index contributed by atoms with van der Waals surface area (Å²) in [7, 11) is 0. The number of nitrogens with zero attached hydrogens (tertiary/aromatic N) is 3. The van der Waals surface area contributed by atoms with Gasteiger partial charge in [0.1, 0.15) is 17.1 Å². The van der Waals surface area contributed by atoms with Crippen LogP contribution in [-0.4, -0.2) is 14.7 Å². The van der Waals surface area contributed by atoms with Crippen LogP contribution in [0.3, 0.4) is 0 Å². The van der Waals surface area contributed by atoms with Crippen LogP contribution < -0.4 is 5.73 Å². The Morgan fingerprint density at radius 1 is 0.744 bits per heavy atom. The third-order valence-electron chi connectivity index (χ3n) is 7.04. The second-order valence-corrected chi connectivity index (χ2v) is 9.26. The van der Waals surface area contributed by atoms with Gasteiger partial charge in [-0.05, 0) is 41.0 Å². The highest BCUT2D eigenvalue weighted by atomic mass is 19.1. The van der Waals surface area contributed by atoms with Crippen LogP contribution in [0.4, 0.5) is 15.8 Å². The van der Waals surface area contributed by atoms with Gasteiger partial charge in [0.25, 0.3) is 5.69 Å². The number of benzene rings is 5. The van der Waals surface area contributed by atoms with Gasteiger partial charge in [0.2, 0.25) is 0 Å². The van der Waals surface area contributed by atoms with Gasteiger partial charge in [0.15, 0.2) is 0 Å². The van der Waals surface area contributed by atoms with Crippen molar-refractivity contribution < 1.29 is 9.31 Å². The highest BCUT2D eigenvalue weighted by molar-refractivity contribution is 5.95. The number of halogens is 1. The lowest BCUT2D eigenvalue weighted by Crippen LogP contribution is -2.38. The summed E-state index contributed by atoms with van der Waals surface area (Å²) >= 11 is 0. The zero-order valence-electron chi connectivity index (χ0n) is 20.7. The largest absolute Gasteiger partial charge is 0.396 e. The summed E-state index contributed by atoms with van der Waals surface area (Å²) in [6.45, 7) is 0. The molecule has 0 unspecified atom stereocenters. The molecule has 1 heterocycles. The number of rotatable bonds is 6. The monoisotopic (exact) mass is 514 g/mol. The Morgan fingerprint density at radius 2 is 1.28 bits per heavy atom. The van der Waals surface area contributed by atoms with E-state index >= 15 is 0 Å². The van der Waals surface area contributed by atoms with Crippen LogP contribution in [-0.2, 0) is 5.54 Å². The van der Waals surface area contributed by atoms with Crippen molar-refractivity contribution in [2.45, 2.75) is 5.54 Å². The number of aromatic nitrogens is 2. The maximum absolute atomic E-state index is 14.1. The number of nitrogens with two attached hydrogens (primary N) is 1. The molecule has 0 amide bonds. The zero-order chi connectivity index (χ0) is 27.0. The van der Waals surface area contributed by atoms with Gasteiger partial charge >= 0.3 is 0 Å². The maximum atomic E-state index is 14.1. The normalized spacial score (nSPS) is 11.5. The molecular weight excluding hydrogens is 491 g/mol. The van der Waals surface area contributed by atoms with Crippen molar-refractivity contribution in [1.29, 1.82) is 0 Å². The number of non-ortho nitro benzene ring substituents is 1. The summed E-state index contributed by atoms with van der Waals surface area (Å²) in [4.78, 5) is 11.3. The Hall–Kier alpha value is -5.30. The number of fused-ring (bicyclic) bond motifs is 1. The predicted molar refractivity (Wildman–Crippen MR) is 151 cm³/mol. The van der Waals surface area contributed by atoms with Crippen molar-refractivity contribution in [2.75, 3.05) is 5.73 Å². The van der Waals surface area contributed by atoms with Gasteiger partial charge in [-0.1, -0.05) is 91.0 Å². The van der Waals surface area contributed by atoms with Gasteiger partial charge in [-0.2, -0.15) is 5.10 Å². The molecule has 7 heteroatoms. The molecule has 6 nitrogen and oxygen atoms in total. The molecule has 190 valence electrons. The van der Waals surface area contributed by atoms with Crippen LogP contribution in [0, 0.1) is 15.9 Å². The Labute approximate surface area is 223 Å². The molecule has 0 radical (unpaired) electrons. The summed E-state index contributed by atoms with van der Waals surface area (Å²) in [5.74, 6) is -0.541. The molecule has 0 aliphatic carbocycles. The van der Waals surface area contributed by atoms with Crippen molar-refractivity contribution >= 4 is 22.3 Å². The molecule has 0 bridgehead atoms. The van der Waals surface area contributed by atoms with Crippen LogP contribution >= 0.6 is 0 Å². The van der Waals surface area contributed by atoms with Crippen LogP contribution in [0.15, 0.2) is 127 Å². The molecule has 1 aromatic heterocycles. The Bertz CT molecular complexity index is 1710. The fourth-order valence-corrected chi connectivity index (χ4v) is 5.28. The van der Waals surface area contributed by atoms with E-state index in [1.54, 1.807) is 12.1 Å². The molecule has 6 rings (SSSR count). The topological polar surface area (TPSA) is 87.0 Å². The second-order valence-electron chi connectivity index (χ2n) is 9.26. The van der Waals surface area contributed by atoms with E-state index in [0.29, 0.717) is 22.2 Å². The first-order valence-corrected chi connectivity index (χ1v) is 12.4. The number of hydrogen-bond acceptors (Lipinski definition) is 4. The van der Waals surface area contributed by atoms with E-state index in [1.165, 1.54) is 24.3 Å². The van der Waals surface area contributed by atoms with Gasteiger partial charge in [-0.3, -0.25) is 10.1 Å². The predicted octanol–water partition coefficient (Wildman–Crippen LogP) is 7.17. The number of nitro groups is 1. The average molecular weight is 515 g/mol. The van der Waals surface area contributed by atoms with E-state index in [1.807, 2.05) is 59.3 Å². The minimum absolute atomic E-state index is 0.0268. The van der Waals surface area contributed by atoms with Crippen LogP contribution in [0.5, 0.6) is 0 Å². The minimum Gasteiger partial charge on any atom is -0.396 e. The van der Waals surface area contributed by atoms with E-state index in [-0.39, 0.29) is 11.4 Å². The van der Waals surface area contributed by atoms with E-state index in [4.69, 9.17) is 10.8 Å². The quantitative estimate of drug-likeness (QED) is 0.110. The minimum atomic E-state index is -0.942. The summed E-state index contributed by atoms with van der Waals surface area (Å²) in [6, 6.07) is 39.2. The number of hydrogen-bond donors (Lipinski definition) is 1. The Balaban J connectivity index is 1.79. The summed E-state index contributed by atoms with van der Waals surface area (Å²) in [6.07, 6.45) is 0. The van der Waals surface area contributed by atoms with Crippen LogP contribution in [0.2, 0.25) is 0 Å². The van der Waals surface area contributed by atoms with Gasteiger partial charge in [-0.15, -0.1) is 0 Å². The van der Waals surface area contributed by atoms with Crippen LogP contribution in [0.1, 0.15) is 16.7 Å². The number of nitrogen functional groups attached to an aromatic ring is 1. The number of anilines is 1. The van der Waals surface area contributed by atoms with Gasteiger partial charge < -0.3 is 5.73 Å². The highest BCUT2D eigenvalue weighted by Gasteiger charge is 2.41. The van der Waals surface area contributed by atoms with Crippen molar-refractivity contribution in [3.8, 4) is 11.3 Å². The molecule has 5 aromatic carbocycles. The summed E-state index contributed by atoms with van der Waals surface area (Å²) < 4.78 is 16.0. The fourth-order valence-electron chi connectivity index (χ4n) is 5.28. The summed E-state index contributed by atoms with van der Waals surface area (Å²) in [5, 5.41) is 17.5. The zero-order valence-corrected chi connectivity index (χ0v) is 20.7. The standard InChI is InChI=1S/C32H23FN4O2/c33-28-18-16-22(20-29(28)34)31-27-21-26(37(38)39)17-19-30(27)36(35-31)32(23-10-4-1-5-11-23,24-12-6-2-7-13-24)25-14-8-3-9-15-25/h1-21H,34H2. The molecule has 2 N–H and O–H groups in total. The first-order chi connectivity index (χ1) is 19.0. The van der Waals surface area contributed by atoms with E-state index in [2.05, 4.69) is 36.4 Å². The van der Waals surface area contributed by atoms with Crippen LogP contribution in [0.25, 0.3) is 22.2 Å². The van der Waals surface area contributed by atoms with E-state index < -0.39 is 16.3 Å². The molecule has 0 atom stereocenters. The Morgan fingerprint density at radius 3 is 1.77 bits per heavy atom. The van der Waals surface area contributed by atoms with Crippen molar-refractivity contribution in [3.05, 3.63) is 160 Å². The third kappa shape index (κ3) is 3.92.